The second-order valence-electron chi connectivity index (χ2n) is 5.58. The molecule has 0 bridgehead atoms. The summed E-state index contributed by atoms with van der Waals surface area (Å²) in [5, 5.41) is 5.38. The molecule has 2 N–H and O–H groups in total. The van der Waals surface area contributed by atoms with Crippen LogP contribution in [0.1, 0.15) is 32.4 Å². The highest BCUT2D eigenvalue weighted by molar-refractivity contribution is 5.95. The normalized spacial score (nSPS) is 16.9. The highest BCUT2D eigenvalue weighted by Crippen LogP contribution is 2.34. The lowest BCUT2D eigenvalue weighted by Crippen LogP contribution is -2.45. The summed E-state index contributed by atoms with van der Waals surface area (Å²) >= 11 is 0. The van der Waals surface area contributed by atoms with Gasteiger partial charge in [0.05, 0.1) is 25.3 Å². The average Bonchev–Trinajstić information content (AvgIpc) is 2.61. The van der Waals surface area contributed by atoms with Crippen molar-refractivity contribution in [1.29, 1.82) is 0 Å². The molecule has 0 aliphatic carbocycles. The van der Waals surface area contributed by atoms with Crippen LogP contribution in [-0.4, -0.2) is 32.3 Å². The molecule has 7 heteroatoms. The molecule has 0 saturated heterocycles. The molecule has 0 spiro atoms. The summed E-state index contributed by atoms with van der Waals surface area (Å²) in [6.45, 7) is 6.06. The second-order valence-corrected chi connectivity index (χ2v) is 5.58. The van der Waals surface area contributed by atoms with E-state index < -0.39 is 12.0 Å². The number of methoxy groups -OCH3 is 1. The van der Waals surface area contributed by atoms with Gasteiger partial charge in [-0.1, -0.05) is 18.2 Å². The Labute approximate surface area is 153 Å². The number of amides is 2. The number of urea groups is 1. The predicted molar refractivity (Wildman–Crippen MR) is 97.0 cm³/mol. The molecule has 7 nitrogen and oxygen atoms in total. The van der Waals surface area contributed by atoms with Crippen LogP contribution in [0.15, 0.2) is 41.6 Å². The number of hydrogen-bond acceptors (Lipinski definition) is 5. The summed E-state index contributed by atoms with van der Waals surface area (Å²) in [6.07, 6.45) is 3.53. The van der Waals surface area contributed by atoms with E-state index in [1.165, 1.54) is 7.11 Å². The first-order valence-electron chi connectivity index (χ1n) is 8.39. The van der Waals surface area contributed by atoms with Crippen molar-refractivity contribution in [2.75, 3.05) is 20.3 Å². The second kappa shape index (κ2) is 8.94. The predicted octanol–water partition coefficient (Wildman–Crippen LogP) is 2.84. The van der Waals surface area contributed by atoms with Gasteiger partial charge in [0.15, 0.2) is 11.5 Å². The largest absolute Gasteiger partial charge is 0.493 e. The molecule has 1 atom stereocenters. The van der Waals surface area contributed by atoms with Gasteiger partial charge in [0, 0.05) is 5.70 Å². The number of carbonyl (C=O) groups excluding carboxylic acids is 2. The zero-order chi connectivity index (χ0) is 19.1. The lowest BCUT2D eigenvalue weighted by molar-refractivity contribution is -0.138. The molecule has 0 aromatic heterocycles. The lowest BCUT2D eigenvalue weighted by Gasteiger charge is -2.28. The van der Waals surface area contributed by atoms with Gasteiger partial charge < -0.3 is 24.8 Å². The van der Waals surface area contributed by atoms with Crippen molar-refractivity contribution < 1.29 is 23.8 Å². The Morgan fingerprint density at radius 1 is 1.31 bits per heavy atom. The number of allylic oxidation sites excluding steroid dienone is 2. The highest BCUT2D eigenvalue weighted by atomic mass is 16.5. The Morgan fingerprint density at radius 2 is 2.08 bits per heavy atom. The molecule has 26 heavy (non-hydrogen) atoms. The Kier molecular flexibility index (Phi) is 6.66. The van der Waals surface area contributed by atoms with E-state index in [0.29, 0.717) is 34.9 Å². The summed E-state index contributed by atoms with van der Waals surface area (Å²) in [6, 6.07) is 4.25. The molecule has 1 aromatic rings. The first kappa shape index (κ1) is 19.4. The van der Waals surface area contributed by atoms with Crippen LogP contribution in [0, 0.1) is 0 Å². The average molecular weight is 360 g/mol. The van der Waals surface area contributed by atoms with Gasteiger partial charge in [-0.05, 0) is 38.5 Å². The van der Waals surface area contributed by atoms with Crippen LogP contribution < -0.4 is 20.1 Å². The van der Waals surface area contributed by atoms with Crippen molar-refractivity contribution in [3.05, 3.63) is 47.2 Å². The molecule has 1 heterocycles. The van der Waals surface area contributed by atoms with E-state index >= 15 is 0 Å². The third kappa shape index (κ3) is 4.36. The van der Waals surface area contributed by atoms with Crippen molar-refractivity contribution in [2.45, 2.75) is 26.8 Å². The number of esters is 1. The highest BCUT2D eigenvalue weighted by Gasteiger charge is 2.32. The number of ether oxygens (including phenoxy) is 3. The van der Waals surface area contributed by atoms with E-state index in [-0.39, 0.29) is 12.6 Å². The molecule has 140 valence electrons. The van der Waals surface area contributed by atoms with Crippen LogP contribution in [0.3, 0.4) is 0 Å². The van der Waals surface area contributed by atoms with Crippen molar-refractivity contribution in [2.24, 2.45) is 0 Å². The molecular weight excluding hydrogens is 336 g/mol. The summed E-state index contributed by atoms with van der Waals surface area (Å²) < 4.78 is 16.1. The van der Waals surface area contributed by atoms with Gasteiger partial charge in [-0.2, -0.15) is 0 Å². The Bertz CT molecular complexity index is 739. The van der Waals surface area contributed by atoms with Crippen LogP contribution in [0.5, 0.6) is 11.5 Å². The fraction of sp³-hybridized carbons (Fsp3) is 0.368. The fourth-order valence-corrected chi connectivity index (χ4v) is 2.65. The van der Waals surface area contributed by atoms with E-state index in [0.717, 1.165) is 0 Å². The summed E-state index contributed by atoms with van der Waals surface area (Å²) in [4.78, 5) is 24.5. The fourth-order valence-electron chi connectivity index (χ4n) is 2.65. The van der Waals surface area contributed by atoms with Crippen LogP contribution >= 0.6 is 0 Å². The van der Waals surface area contributed by atoms with Crippen LogP contribution in [0.2, 0.25) is 0 Å². The van der Waals surface area contributed by atoms with Crippen molar-refractivity contribution >= 4 is 12.0 Å². The third-order valence-corrected chi connectivity index (χ3v) is 3.86. The Morgan fingerprint density at radius 3 is 2.73 bits per heavy atom. The minimum atomic E-state index is -0.647. The molecule has 1 unspecified atom stereocenters. The molecule has 0 fully saturated rings. The first-order chi connectivity index (χ1) is 12.5. The van der Waals surface area contributed by atoms with Crippen molar-refractivity contribution in [3.8, 4) is 11.5 Å². The van der Waals surface area contributed by atoms with Crippen LogP contribution in [0.4, 0.5) is 4.79 Å². The zero-order valence-corrected chi connectivity index (χ0v) is 15.4. The molecule has 1 aliphatic heterocycles. The zero-order valence-electron chi connectivity index (χ0n) is 15.4. The van der Waals surface area contributed by atoms with E-state index in [2.05, 4.69) is 10.6 Å². The van der Waals surface area contributed by atoms with Gasteiger partial charge in [0.1, 0.15) is 6.61 Å². The monoisotopic (exact) mass is 360 g/mol. The van der Waals surface area contributed by atoms with Gasteiger partial charge in [-0.25, -0.2) is 9.59 Å². The van der Waals surface area contributed by atoms with E-state index in [1.54, 1.807) is 37.3 Å². The Hall–Kier alpha value is -2.96. The molecule has 0 saturated carbocycles. The first-order valence-corrected chi connectivity index (χ1v) is 8.39. The van der Waals surface area contributed by atoms with Crippen LogP contribution in [0.25, 0.3) is 0 Å². The molecular formula is C19H24N2O5. The lowest BCUT2D eigenvalue weighted by atomic mass is 9.95. The van der Waals surface area contributed by atoms with E-state index in [9.17, 15) is 9.59 Å². The van der Waals surface area contributed by atoms with Gasteiger partial charge in [0.25, 0.3) is 0 Å². The number of hydrogen-bond donors (Lipinski definition) is 2. The minimum absolute atomic E-state index is 0.166. The third-order valence-electron chi connectivity index (χ3n) is 3.86. The maximum atomic E-state index is 12.5. The maximum absolute atomic E-state index is 12.5. The number of rotatable bonds is 7. The summed E-state index contributed by atoms with van der Waals surface area (Å²) in [7, 11) is 1.54. The van der Waals surface area contributed by atoms with Crippen LogP contribution in [-0.2, 0) is 9.53 Å². The topological polar surface area (TPSA) is 85.9 Å². The summed E-state index contributed by atoms with van der Waals surface area (Å²) in [5.41, 5.74) is 1.50. The van der Waals surface area contributed by atoms with Gasteiger partial charge >= 0.3 is 12.0 Å². The number of benzene rings is 1. The van der Waals surface area contributed by atoms with E-state index in [1.807, 2.05) is 13.8 Å². The van der Waals surface area contributed by atoms with Gasteiger partial charge in [0.2, 0.25) is 0 Å². The van der Waals surface area contributed by atoms with Crippen molar-refractivity contribution in [1.82, 2.24) is 10.6 Å². The molecule has 2 amide bonds. The van der Waals surface area contributed by atoms with E-state index in [4.69, 9.17) is 14.2 Å². The SMILES string of the molecule is C/C=C/COC(=O)C1=C(C)NC(=O)NC1c1ccc(OCC)c(OC)c1. The van der Waals surface area contributed by atoms with Gasteiger partial charge in [-0.3, -0.25) is 0 Å². The smallest absolute Gasteiger partial charge is 0.338 e. The molecule has 1 aromatic carbocycles. The number of nitrogens with one attached hydrogen (secondary N) is 2. The molecule has 1 aliphatic rings. The quantitative estimate of drug-likeness (QED) is 0.577. The molecule has 0 radical (unpaired) electrons. The number of carbonyl (C=O) groups is 2. The van der Waals surface area contributed by atoms with Gasteiger partial charge in [-0.15, -0.1) is 0 Å². The molecule has 2 rings (SSSR count). The van der Waals surface area contributed by atoms with Crippen molar-refractivity contribution in [3.63, 3.8) is 0 Å². The minimum Gasteiger partial charge on any atom is -0.493 e. The Balaban J connectivity index is 2.39. The maximum Gasteiger partial charge on any atom is 0.338 e. The summed E-state index contributed by atoms with van der Waals surface area (Å²) in [5.74, 6) is 0.624. The standard InChI is InChI=1S/C19H24N2O5/c1-5-7-10-26-18(22)16-12(3)20-19(23)21-17(16)13-8-9-14(25-6-2)15(11-13)24-4/h5,7-9,11,17H,6,10H2,1-4H3,(H2,20,21,23)/b7-5+.